The molecule has 0 aliphatic heterocycles. The van der Waals surface area contributed by atoms with Gasteiger partial charge in [-0.05, 0) is 55.2 Å². The van der Waals surface area contributed by atoms with E-state index in [9.17, 15) is 5.11 Å². The minimum absolute atomic E-state index is 0.283. The number of unbranched alkanes of at least 4 members (excludes halogenated alkanes) is 8. The lowest BCUT2D eigenvalue weighted by Gasteiger charge is -2.12. The molecule has 0 saturated carbocycles. The van der Waals surface area contributed by atoms with Crippen LogP contribution in [0.1, 0.15) is 82.3 Å². The Balaban J connectivity index is 1.46. The van der Waals surface area contributed by atoms with Crippen molar-refractivity contribution in [2.75, 3.05) is 0 Å². The van der Waals surface area contributed by atoms with Gasteiger partial charge in [-0.25, -0.2) is 0 Å². The van der Waals surface area contributed by atoms with Crippen molar-refractivity contribution in [1.82, 2.24) is 15.0 Å². The molecule has 30 heavy (non-hydrogen) atoms. The van der Waals surface area contributed by atoms with E-state index in [0.717, 1.165) is 35.1 Å². The second-order valence-corrected chi connectivity index (χ2v) is 8.63. The Labute approximate surface area is 181 Å². The fourth-order valence-corrected chi connectivity index (χ4v) is 4.11. The molecule has 3 aromatic rings. The van der Waals surface area contributed by atoms with E-state index >= 15 is 0 Å². The van der Waals surface area contributed by atoms with Crippen molar-refractivity contribution in [3.8, 4) is 5.69 Å². The molecule has 162 valence electrons. The monoisotopic (exact) mass is 407 g/mol. The number of aliphatic hydroxyl groups excluding tert-OH is 1. The molecule has 0 radical (unpaired) electrons. The average molecular weight is 408 g/mol. The third-order valence-corrected chi connectivity index (χ3v) is 5.75. The molecule has 0 amide bonds. The minimum Gasteiger partial charge on any atom is -0.393 e. The molecule has 0 aliphatic carbocycles. The zero-order valence-corrected chi connectivity index (χ0v) is 18.7. The van der Waals surface area contributed by atoms with E-state index in [1.807, 2.05) is 24.3 Å². The van der Waals surface area contributed by atoms with Crippen LogP contribution >= 0.6 is 0 Å². The van der Waals surface area contributed by atoms with Gasteiger partial charge in [-0.3, -0.25) is 0 Å². The Morgan fingerprint density at radius 1 is 0.833 bits per heavy atom. The third kappa shape index (κ3) is 6.94. The molecule has 0 fully saturated rings. The molecule has 0 bridgehead atoms. The predicted octanol–water partition coefficient (Wildman–Crippen LogP) is 6.55. The zero-order chi connectivity index (χ0) is 21.2. The molecule has 1 N–H and O–H groups in total. The summed E-state index contributed by atoms with van der Waals surface area (Å²) in [4.78, 5) is 1.70. The lowest BCUT2D eigenvalue weighted by atomic mass is 10.00. The number of aryl methyl sites for hydroxylation is 1. The van der Waals surface area contributed by atoms with E-state index in [0.29, 0.717) is 6.42 Å². The lowest BCUT2D eigenvalue weighted by Crippen LogP contribution is -2.11. The summed E-state index contributed by atoms with van der Waals surface area (Å²) >= 11 is 0. The van der Waals surface area contributed by atoms with Gasteiger partial charge in [-0.1, -0.05) is 82.9 Å². The maximum atomic E-state index is 10.5. The summed E-state index contributed by atoms with van der Waals surface area (Å²) in [6, 6.07) is 14.3. The second-order valence-electron chi connectivity index (χ2n) is 8.63. The zero-order valence-electron chi connectivity index (χ0n) is 18.7. The van der Waals surface area contributed by atoms with E-state index < -0.39 is 0 Å². The number of nitrogens with zero attached hydrogens (tertiary/aromatic N) is 3. The van der Waals surface area contributed by atoms with Crippen LogP contribution in [0.3, 0.4) is 0 Å². The predicted molar refractivity (Wildman–Crippen MR) is 125 cm³/mol. The first-order valence-corrected chi connectivity index (χ1v) is 11.8. The van der Waals surface area contributed by atoms with Crippen molar-refractivity contribution >= 4 is 11.0 Å². The Morgan fingerprint density at radius 3 is 2.07 bits per heavy atom. The maximum Gasteiger partial charge on any atom is 0.113 e. The number of benzene rings is 2. The number of rotatable bonds is 13. The quantitative estimate of drug-likeness (QED) is 0.327. The van der Waals surface area contributed by atoms with Crippen molar-refractivity contribution in [1.29, 1.82) is 0 Å². The number of hydrogen-bond donors (Lipinski definition) is 1. The summed E-state index contributed by atoms with van der Waals surface area (Å²) in [6.07, 6.45) is 13.1. The largest absolute Gasteiger partial charge is 0.393 e. The van der Waals surface area contributed by atoms with Gasteiger partial charge in [-0.15, -0.1) is 10.2 Å². The van der Waals surface area contributed by atoms with Crippen molar-refractivity contribution in [3.05, 3.63) is 53.6 Å². The van der Waals surface area contributed by atoms with Crippen LogP contribution in [0.25, 0.3) is 16.7 Å². The van der Waals surface area contributed by atoms with Crippen molar-refractivity contribution in [2.24, 2.45) is 0 Å². The highest BCUT2D eigenvalue weighted by Crippen LogP contribution is 2.18. The van der Waals surface area contributed by atoms with Crippen LogP contribution in [0.2, 0.25) is 0 Å². The topological polar surface area (TPSA) is 50.9 Å². The first kappa shape index (κ1) is 22.5. The van der Waals surface area contributed by atoms with E-state index in [1.54, 1.807) is 4.80 Å². The van der Waals surface area contributed by atoms with Gasteiger partial charge in [0.05, 0.1) is 11.8 Å². The summed E-state index contributed by atoms with van der Waals surface area (Å²) in [5, 5.41) is 19.7. The van der Waals surface area contributed by atoms with Crippen LogP contribution < -0.4 is 0 Å². The van der Waals surface area contributed by atoms with E-state index in [-0.39, 0.29) is 6.10 Å². The Morgan fingerprint density at radius 2 is 1.43 bits per heavy atom. The molecule has 1 atom stereocenters. The van der Waals surface area contributed by atoms with Gasteiger partial charge in [0, 0.05) is 0 Å². The van der Waals surface area contributed by atoms with Gasteiger partial charge in [0.1, 0.15) is 11.0 Å². The van der Waals surface area contributed by atoms with Crippen LogP contribution in [0.4, 0.5) is 0 Å². The highest BCUT2D eigenvalue weighted by atomic mass is 16.3. The summed E-state index contributed by atoms with van der Waals surface area (Å²) < 4.78 is 0. The second kappa shape index (κ2) is 11.8. The Kier molecular flexibility index (Phi) is 8.88. The van der Waals surface area contributed by atoms with Crippen LogP contribution in [0.5, 0.6) is 0 Å². The number of aromatic nitrogens is 3. The molecule has 1 aromatic heterocycles. The Hall–Kier alpha value is -2.20. The highest BCUT2D eigenvalue weighted by Gasteiger charge is 2.10. The van der Waals surface area contributed by atoms with Crippen molar-refractivity contribution in [3.63, 3.8) is 0 Å². The average Bonchev–Trinajstić information content (AvgIpc) is 3.16. The van der Waals surface area contributed by atoms with E-state index in [4.69, 9.17) is 0 Å². The van der Waals surface area contributed by atoms with Crippen LogP contribution in [0, 0.1) is 6.92 Å². The fourth-order valence-electron chi connectivity index (χ4n) is 4.11. The van der Waals surface area contributed by atoms with Gasteiger partial charge in [0.15, 0.2) is 0 Å². The van der Waals surface area contributed by atoms with Gasteiger partial charge in [0.25, 0.3) is 0 Å². The molecule has 4 heteroatoms. The molecule has 1 heterocycles. The van der Waals surface area contributed by atoms with Crippen LogP contribution in [-0.4, -0.2) is 26.2 Å². The van der Waals surface area contributed by atoms with Gasteiger partial charge >= 0.3 is 0 Å². The summed E-state index contributed by atoms with van der Waals surface area (Å²) in [5.74, 6) is 0. The lowest BCUT2D eigenvalue weighted by molar-refractivity contribution is 0.161. The highest BCUT2D eigenvalue weighted by molar-refractivity contribution is 5.73. The first-order valence-electron chi connectivity index (χ1n) is 11.8. The number of aliphatic hydroxyl groups is 1. The molecule has 4 nitrogen and oxygen atoms in total. The number of hydrogen-bond acceptors (Lipinski definition) is 3. The Bertz CT molecular complexity index is 869. The smallest absolute Gasteiger partial charge is 0.113 e. The molecule has 0 aliphatic rings. The standard InChI is InChI=1S/C26H37N3O/c1-3-4-5-6-7-8-9-10-11-14-24(30)20-22-17-21(2)18-23(19-22)29-27-25-15-12-13-16-26(25)28-29/h12-13,15-19,24,30H,3-11,14,20H2,1-2H3. The first-order chi connectivity index (χ1) is 14.7. The van der Waals surface area contributed by atoms with Gasteiger partial charge in [-0.2, -0.15) is 4.80 Å². The summed E-state index contributed by atoms with van der Waals surface area (Å²) in [6.45, 7) is 4.35. The minimum atomic E-state index is -0.283. The molecule has 0 saturated heterocycles. The molecular weight excluding hydrogens is 370 g/mol. The molecule has 3 rings (SSSR count). The SMILES string of the molecule is CCCCCCCCCCCC(O)Cc1cc(C)cc(-n2nc3ccccc3n2)c1. The van der Waals surface area contributed by atoms with E-state index in [2.05, 4.69) is 42.2 Å². The summed E-state index contributed by atoms with van der Waals surface area (Å²) in [7, 11) is 0. The number of fused-ring (bicyclic) bond motifs is 1. The van der Waals surface area contributed by atoms with Gasteiger partial charge < -0.3 is 5.11 Å². The van der Waals surface area contributed by atoms with Crippen molar-refractivity contribution in [2.45, 2.75) is 90.6 Å². The normalized spacial score (nSPS) is 12.5. The summed E-state index contributed by atoms with van der Waals surface area (Å²) in [5.41, 5.74) is 5.06. The third-order valence-electron chi connectivity index (χ3n) is 5.75. The molecular formula is C26H37N3O. The van der Waals surface area contributed by atoms with Gasteiger partial charge in [0.2, 0.25) is 0 Å². The van der Waals surface area contributed by atoms with E-state index in [1.165, 1.54) is 56.9 Å². The molecule has 1 unspecified atom stereocenters. The van der Waals surface area contributed by atoms with Crippen LogP contribution in [-0.2, 0) is 6.42 Å². The molecule has 0 spiro atoms. The van der Waals surface area contributed by atoms with Crippen molar-refractivity contribution < 1.29 is 5.11 Å². The molecule has 2 aromatic carbocycles. The van der Waals surface area contributed by atoms with Crippen LogP contribution in [0.15, 0.2) is 42.5 Å². The fraction of sp³-hybridized carbons (Fsp3) is 0.538. The maximum absolute atomic E-state index is 10.5.